The number of ether oxygens (including phenoxy) is 1. The van der Waals surface area contributed by atoms with Gasteiger partial charge in [-0.2, -0.15) is 9.78 Å². The first-order valence-corrected chi connectivity index (χ1v) is 9.40. The molecule has 1 heterocycles. The van der Waals surface area contributed by atoms with Gasteiger partial charge in [-0.15, -0.1) is 0 Å². The summed E-state index contributed by atoms with van der Waals surface area (Å²) >= 11 is 3.32. The highest BCUT2D eigenvalue weighted by Crippen LogP contribution is 2.19. The molecular weight excluding hydrogens is 426 g/mol. The fourth-order valence-corrected chi connectivity index (χ4v) is 2.69. The number of rotatable bonds is 6. The summed E-state index contributed by atoms with van der Waals surface area (Å²) in [4.78, 5) is 24.7. The lowest BCUT2D eigenvalue weighted by Gasteiger charge is -2.10. The fraction of sp³-hybridized carbons (Fsp3) is 0.150. The van der Waals surface area contributed by atoms with Crippen molar-refractivity contribution in [1.29, 1.82) is 0 Å². The van der Waals surface area contributed by atoms with E-state index in [1.807, 2.05) is 6.92 Å². The Labute approximate surface area is 169 Å². The van der Waals surface area contributed by atoms with Gasteiger partial charge in [0.1, 0.15) is 5.75 Å². The van der Waals surface area contributed by atoms with Gasteiger partial charge >= 0.3 is 0 Å². The van der Waals surface area contributed by atoms with E-state index in [1.165, 1.54) is 0 Å². The van der Waals surface area contributed by atoms with Crippen LogP contribution in [0.3, 0.4) is 0 Å². The van der Waals surface area contributed by atoms with Gasteiger partial charge in [0, 0.05) is 16.2 Å². The average molecular weight is 444 g/mol. The van der Waals surface area contributed by atoms with Crippen molar-refractivity contribution in [2.24, 2.45) is 0 Å². The predicted molar refractivity (Wildman–Crippen MR) is 109 cm³/mol. The SMILES string of the molecule is CCCOc1ccc(NC(=O)c2nn(-c3ccc(Br)cc3)c(=O)cc2O)cc1. The summed E-state index contributed by atoms with van der Waals surface area (Å²) in [5.41, 5.74) is 0.179. The van der Waals surface area contributed by atoms with Gasteiger partial charge in [0.05, 0.1) is 12.3 Å². The van der Waals surface area contributed by atoms with Crippen LogP contribution in [0.4, 0.5) is 5.69 Å². The molecular formula is C20H18BrN3O4. The van der Waals surface area contributed by atoms with E-state index in [-0.39, 0.29) is 5.69 Å². The van der Waals surface area contributed by atoms with Crippen LogP contribution in [0.5, 0.6) is 11.5 Å². The summed E-state index contributed by atoms with van der Waals surface area (Å²) < 4.78 is 7.40. The van der Waals surface area contributed by atoms with Crippen molar-refractivity contribution in [3.63, 3.8) is 0 Å². The lowest BCUT2D eigenvalue weighted by molar-refractivity contribution is 0.101. The second-order valence-electron chi connectivity index (χ2n) is 5.93. The Balaban J connectivity index is 1.84. The molecule has 3 aromatic rings. The summed E-state index contributed by atoms with van der Waals surface area (Å²) in [5.74, 6) is -0.422. The van der Waals surface area contributed by atoms with E-state index >= 15 is 0 Å². The van der Waals surface area contributed by atoms with Crippen LogP contribution < -0.4 is 15.6 Å². The standard InChI is InChI=1S/C20H18BrN3O4/c1-2-11-28-16-9-5-14(6-10-16)22-20(27)19-17(25)12-18(26)24(23-19)15-7-3-13(21)4-8-15/h3-10,12,25H,2,11H2,1H3,(H,22,27). The Hall–Kier alpha value is -3.13. The third-order valence-electron chi connectivity index (χ3n) is 3.78. The number of nitrogens with zero attached hydrogens (tertiary/aromatic N) is 2. The number of aromatic nitrogens is 2. The molecule has 1 aromatic heterocycles. The minimum Gasteiger partial charge on any atom is -0.505 e. The van der Waals surface area contributed by atoms with Gasteiger partial charge in [-0.3, -0.25) is 9.59 Å². The largest absolute Gasteiger partial charge is 0.505 e. The molecule has 0 fully saturated rings. The maximum atomic E-state index is 12.6. The number of halogens is 1. The number of aromatic hydroxyl groups is 1. The summed E-state index contributed by atoms with van der Waals surface area (Å²) in [6.07, 6.45) is 0.900. The van der Waals surface area contributed by atoms with Crippen LogP contribution in [0, 0.1) is 0 Å². The van der Waals surface area contributed by atoms with Crippen molar-refractivity contribution in [3.8, 4) is 17.2 Å². The third-order valence-corrected chi connectivity index (χ3v) is 4.31. The molecule has 0 radical (unpaired) electrons. The first-order chi connectivity index (χ1) is 13.5. The van der Waals surface area contributed by atoms with Gasteiger partial charge < -0.3 is 15.2 Å². The van der Waals surface area contributed by atoms with Gasteiger partial charge in [0.25, 0.3) is 11.5 Å². The molecule has 7 nitrogen and oxygen atoms in total. The predicted octanol–water partition coefficient (Wildman–Crippen LogP) is 3.74. The highest BCUT2D eigenvalue weighted by atomic mass is 79.9. The Morgan fingerprint density at radius 3 is 2.50 bits per heavy atom. The van der Waals surface area contributed by atoms with Gasteiger partial charge in [0.15, 0.2) is 11.4 Å². The molecule has 0 atom stereocenters. The molecule has 3 rings (SSSR count). The van der Waals surface area contributed by atoms with E-state index in [1.54, 1.807) is 48.5 Å². The van der Waals surface area contributed by atoms with Gasteiger partial charge in [-0.1, -0.05) is 22.9 Å². The molecule has 0 aliphatic rings. The number of carbonyl (C=O) groups excluding carboxylic acids is 1. The minimum absolute atomic E-state index is 0.256. The number of nitrogens with one attached hydrogen (secondary N) is 1. The fourth-order valence-electron chi connectivity index (χ4n) is 2.42. The first-order valence-electron chi connectivity index (χ1n) is 8.61. The lowest BCUT2D eigenvalue weighted by Crippen LogP contribution is -2.25. The van der Waals surface area contributed by atoms with E-state index in [4.69, 9.17) is 4.74 Å². The number of benzene rings is 2. The number of hydrogen-bond donors (Lipinski definition) is 2. The molecule has 0 bridgehead atoms. The topological polar surface area (TPSA) is 93.5 Å². The highest BCUT2D eigenvalue weighted by molar-refractivity contribution is 9.10. The van der Waals surface area contributed by atoms with E-state index in [2.05, 4.69) is 26.3 Å². The second-order valence-corrected chi connectivity index (χ2v) is 6.85. The van der Waals surface area contributed by atoms with E-state index in [0.717, 1.165) is 21.6 Å². The van der Waals surface area contributed by atoms with Gasteiger partial charge in [-0.25, -0.2) is 0 Å². The molecule has 0 saturated heterocycles. The van der Waals surface area contributed by atoms with Crippen molar-refractivity contribution >= 4 is 27.5 Å². The molecule has 8 heteroatoms. The van der Waals surface area contributed by atoms with Crippen LogP contribution in [0.15, 0.2) is 63.9 Å². The zero-order valence-corrected chi connectivity index (χ0v) is 16.6. The van der Waals surface area contributed by atoms with Crippen LogP contribution in [0.25, 0.3) is 5.69 Å². The lowest BCUT2D eigenvalue weighted by atomic mass is 10.2. The van der Waals surface area contributed by atoms with Crippen LogP contribution in [-0.2, 0) is 0 Å². The number of amides is 1. The monoisotopic (exact) mass is 443 g/mol. The van der Waals surface area contributed by atoms with E-state index in [9.17, 15) is 14.7 Å². The molecule has 0 saturated carbocycles. The molecule has 0 aliphatic carbocycles. The molecule has 144 valence electrons. The highest BCUT2D eigenvalue weighted by Gasteiger charge is 2.17. The van der Waals surface area contributed by atoms with Crippen LogP contribution >= 0.6 is 15.9 Å². The zero-order valence-electron chi connectivity index (χ0n) is 15.1. The maximum absolute atomic E-state index is 12.6. The first kappa shape index (κ1) is 19.6. The van der Waals surface area contributed by atoms with Gasteiger partial charge in [-0.05, 0) is 55.0 Å². The molecule has 1 amide bonds. The summed E-state index contributed by atoms with van der Waals surface area (Å²) in [5, 5.41) is 16.7. The van der Waals surface area contributed by atoms with Crippen molar-refractivity contribution in [2.45, 2.75) is 13.3 Å². The number of carbonyl (C=O) groups is 1. The third kappa shape index (κ3) is 4.58. The summed E-state index contributed by atoms with van der Waals surface area (Å²) in [6.45, 7) is 2.63. The Kier molecular flexibility index (Phi) is 6.10. The van der Waals surface area contributed by atoms with Crippen LogP contribution in [0.2, 0.25) is 0 Å². The maximum Gasteiger partial charge on any atom is 0.279 e. The quantitative estimate of drug-likeness (QED) is 0.604. The van der Waals surface area contributed by atoms with E-state index < -0.39 is 17.2 Å². The van der Waals surface area contributed by atoms with Crippen LogP contribution in [0.1, 0.15) is 23.8 Å². The molecule has 2 N–H and O–H groups in total. The van der Waals surface area contributed by atoms with Crippen molar-refractivity contribution in [1.82, 2.24) is 9.78 Å². The molecule has 0 unspecified atom stereocenters. The molecule has 2 aromatic carbocycles. The summed E-state index contributed by atoms with van der Waals surface area (Å²) in [6, 6.07) is 14.7. The van der Waals surface area contributed by atoms with Crippen molar-refractivity contribution in [2.75, 3.05) is 11.9 Å². The van der Waals surface area contributed by atoms with Crippen molar-refractivity contribution in [3.05, 3.63) is 75.1 Å². The molecule has 0 spiro atoms. The Bertz CT molecular complexity index is 1030. The van der Waals surface area contributed by atoms with E-state index in [0.29, 0.717) is 23.7 Å². The zero-order chi connectivity index (χ0) is 20.1. The smallest absolute Gasteiger partial charge is 0.279 e. The molecule has 28 heavy (non-hydrogen) atoms. The normalized spacial score (nSPS) is 10.5. The minimum atomic E-state index is -0.634. The number of anilines is 1. The van der Waals surface area contributed by atoms with Crippen LogP contribution in [-0.4, -0.2) is 27.4 Å². The van der Waals surface area contributed by atoms with Crippen molar-refractivity contribution < 1.29 is 14.6 Å². The second kappa shape index (κ2) is 8.71. The Morgan fingerprint density at radius 1 is 1.18 bits per heavy atom. The Morgan fingerprint density at radius 2 is 1.86 bits per heavy atom. The summed E-state index contributed by atoms with van der Waals surface area (Å²) in [7, 11) is 0. The number of hydrogen-bond acceptors (Lipinski definition) is 5. The average Bonchev–Trinajstić information content (AvgIpc) is 2.68. The van der Waals surface area contributed by atoms with Gasteiger partial charge in [0.2, 0.25) is 0 Å². The molecule has 0 aliphatic heterocycles.